The molecule has 1 heterocycles. The summed E-state index contributed by atoms with van der Waals surface area (Å²) in [5.74, 6) is 0. The minimum absolute atomic E-state index is 0.559. The fourth-order valence-corrected chi connectivity index (χ4v) is 3.29. The molecule has 6 heteroatoms. The average Bonchev–Trinajstić information content (AvgIpc) is 2.95. The minimum atomic E-state index is 0.559. The molecule has 90 valence electrons. The van der Waals surface area contributed by atoms with E-state index in [4.69, 9.17) is 0 Å². The van der Waals surface area contributed by atoms with Gasteiger partial charge < -0.3 is 10.2 Å². The van der Waals surface area contributed by atoms with Gasteiger partial charge in [-0.15, -0.1) is 10.2 Å². The smallest absolute Gasteiger partial charge is 0.208 e. The summed E-state index contributed by atoms with van der Waals surface area (Å²) in [6.45, 7) is 3.29. The topological polar surface area (TPSA) is 41.1 Å². The van der Waals surface area contributed by atoms with Crippen molar-refractivity contribution in [2.45, 2.75) is 35.4 Å². The van der Waals surface area contributed by atoms with Gasteiger partial charge in [0, 0.05) is 31.9 Å². The zero-order valence-corrected chi connectivity index (χ0v) is 11.6. The molecule has 1 aliphatic rings. The standard InChI is InChI=1S/C10H18N4S2/c1-7(6-11-8-4-5-8)15-10-13-12-9(16-10)14(2)3/h7-8,11H,4-6H2,1-3H3. The molecule has 0 radical (unpaired) electrons. The molecule has 2 rings (SSSR count). The molecule has 1 aromatic heterocycles. The van der Waals surface area contributed by atoms with E-state index in [9.17, 15) is 0 Å². The van der Waals surface area contributed by atoms with Gasteiger partial charge >= 0.3 is 0 Å². The van der Waals surface area contributed by atoms with E-state index in [1.54, 1.807) is 11.3 Å². The highest BCUT2D eigenvalue weighted by Crippen LogP contribution is 2.30. The number of hydrogen-bond donors (Lipinski definition) is 1. The highest BCUT2D eigenvalue weighted by Gasteiger charge is 2.21. The van der Waals surface area contributed by atoms with E-state index in [1.165, 1.54) is 12.8 Å². The molecule has 0 aromatic carbocycles. The van der Waals surface area contributed by atoms with Gasteiger partial charge in [0.15, 0.2) is 4.34 Å². The monoisotopic (exact) mass is 258 g/mol. The van der Waals surface area contributed by atoms with Crippen molar-refractivity contribution in [1.82, 2.24) is 15.5 Å². The van der Waals surface area contributed by atoms with Gasteiger partial charge in [-0.3, -0.25) is 0 Å². The lowest BCUT2D eigenvalue weighted by atomic mass is 10.4. The van der Waals surface area contributed by atoms with Crippen molar-refractivity contribution >= 4 is 28.2 Å². The molecule has 0 bridgehead atoms. The Balaban J connectivity index is 1.77. The fraction of sp³-hybridized carbons (Fsp3) is 0.800. The normalized spacial score (nSPS) is 17.4. The van der Waals surface area contributed by atoms with Crippen LogP contribution in [0.15, 0.2) is 4.34 Å². The van der Waals surface area contributed by atoms with Crippen molar-refractivity contribution in [3.8, 4) is 0 Å². The van der Waals surface area contributed by atoms with Crippen LogP contribution >= 0.6 is 23.1 Å². The highest BCUT2D eigenvalue weighted by molar-refractivity contribution is 8.01. The van der Waals surface area contributed by atoms with E-state index in [0.717, 1.165) is 22.1 Å². The van der Waals surface area contributed by atoms with Crippen LogP contribution in [0.1, 0.15) is 19.8 Å². The van der Waals surface area contributed by atoms with Crippen LogP contribution in [0.25, 0.3) is 0 Å². The second-order valence-corrected chi connectivity index (χ2v) is 7.00. The summed E-state index contributed by atoms with van der Waals surface area (Å²) in [6.07, 6.45) is 2.70. The Bertz CT molecular complexity index is 335. The Labute approximate surface area is 105 Å². The maximum absolute atomic E-state index is 4.18. The number of nitrogens with zero attached hydrogens (tertiary/aromatic N) is 3. The molecule has 16 heavy (non-hydrogen) atoms. The summed E-state index contributed by atoms with van der Waals surface area (Å²) in [5.41, 5.74) is 0. The predicted octanol–water partition coefficient (Wildman–Crippen LogP) is 1.84. The van der Waals surface area contributed by atoms with Gasteiger partial charge in [0.2, 0.25) is 5.13 Å². The summed E-state index contributed by atoms with van der Waals surface area (Å²) in [7, 11) is 3.99. The Morgan fingerprint density at radius 2 is 2.25 bits per heavy atom. The lowest BCUT2D eigenvalue weighted by Gasteiger charge is -2.09. The number of thioether (sulfide) groups is 1. The molecule has 4 nitrogen and oxygen atoms in total. The molecule has 0 aliphatic heterocycles. The van der Waals surface area contributed by atoms with E-state index in [1.807, 2.05) is 30.8 Å². The zero-order chi connectivity index (χ0) is 11.5. The highest BCUT2D eigenvalue weighted by atomic mass is 32.2. The summed E-state index contributed by atoms with van der Waals surface area (Å²) in [6, 6.07) is 0.787. The Morgan fingerprint density at radius 3 is 2.81 bits per heavy atom. The quantitative estimate of drug-likeness (QED) is 0.789. The third-order valence-corrected chi connectivity index (χ3v) is 4.63. The van der Waals surface area contributed by atoms with Crippen LogP contribution in [0.2, 0.25) is 0 Å². The van der Waals surface area contributed by atoms with Gasteiger partial charge in [0.25, 0.3) is 0 Å². The van der Waals surface area contributed by atoms with Crippen molar-refractivity contribution in [3.05, 3.63) is 0 Å². The van der Waals surface area contributed by atoms with Gasteiger partial charge in [-0.25, -0.2) is 0 Å². The van der Waals surface area contributed by atoms with E-state index in [-0.39, 0.29) is 0 Å². The van der Waals surface area contributed by atoms with Crippen LogP contribution in [-0.4, -0.2) is 42.1 Å². The average molecular weight is 258 g/mol. The predicted molar refractivity (Wildman–Crippen MR) is 70.6 cm³/mol. The number of hydrogen-bond acceptors (Lipinski definition) is 6. The van der Waals surface area contributed by atoms with E-state index < -0.39 is 0 Å². The van der Waals surface area contributed by atoms with Crippen molar-refractivity contribution in [2.24, 2.45) is 0 Å². The maximum atomic E-state index is 4.18. The minimum Gasteiger partial charge on any atom is -0.353 e. The van der Waals surface area contributed by atoms with Crippen molar-refractivity contribution in [1.29, 1.82) is 0 Å². The molecular formula is C10H18N4S2. The number of nitrogens with one attached hydrogen (secondary N) is 1. The molecule has 1 fully saturated rings. The molecule has 0 saturated heterocycles. The molecule has 1 unspecified atom stereocenters. The van der Waals surface area contributed by atoms with Crippen molar-refractivity contribution < 1.29 is 0 Å². The van der Waals surface area contributed by atoms with Gasteiger partial charge in [-0.05, 0) is 12.8 Å². The van der Waals surface area contributed by atoms with Crippen molar-refractivity contribution in [2.75, 3.05) is 25.5 Å². The lowest BCUT2D eigenvalue weighted by molar-refractivity contribution is 0.679. The van der Waals surface area contributed by atoms with E-state index in [2.05, 4.69) is 22.4 Å². The third-order valence-electron chi connectivity index (χ3n) is 2.35. The van der Waals surface area contributed by atoms with Crippen LogP contribution in [0.5, 0.6) is 0 Å². The van der Waals surface area contributed by atoms with Gasteiger partial charge in [-0.2, -0.15) is 0 Å². The first kappa shape index (κ1) is 12.1. The van der Waals surface area contributed by atoms with Crippen molar-refractivity contribution in [3.63, 3.8) is 0 Å². The summed E-state index contributed by atoms with van der Waals surface area (Å²) >= 11 is 3.47. The fourth-order valence-electron chi connectivity index (χ4n) is 1.26. The molecular weight excluding hydrogens is 240 g/mol. The third kappa shape index (κ3) is 3.61. The van der Waals surface area contributed by atoms with E-state index in [0.29, 0.717) is 5.25 Å². The second kappa shape index (κ2) is 5.33. The zero-order valence-electron chi connectivity index (χ0n) is 9.93. The summed E-state index contributed by atoms with van der Waals surface area (Å²) < 4.78 is 1.06. The van der Waals surface area contributed by atoms with Gasteiger partial charge in [0.1, 0.15) is 0 Å². The first-order valence-electron chi connectivity index (χ1n) is 5.56. The second-order valence-electron chi connectivity index (χ2n) is 4.36. The van der Waals surface area contributed by atoms with Gasteiger partial charge in [-0.1, -0.05) is 30.0 Å². The molecule has 1 aromatic rings. The first-order valence-corrected chi connectivity index (χ1v) is 7.25. The molecule has 0 amide bonds. The molecule has 0 spiro atoms. The van der Waals surface area contributed by atoms with Crippen LogP contribution in [0.3, 0.4) is 0 Å². The van der Waals surface area contributed by atoms with Crippen LogP contribution in [0, 0.1) is 0 Å². The maximum Gasteiger partial charge on any atom is 0.208 e. The van der Waals surface area contributed by atoms with E-state index >= 15 is 0 Å². The Kier molecular flexibility index (Phi) is 4.05. The van der Waals surface area contributed by atoms with Crippen LogP contribution < -0.4 is 10.2 Å². The molecule has 1 saturated carbocycles. The Morgan fingerprint density at radius 1 is 1.50 bits per heavy atom. The van der Waals surface area contributed by atoms with Crippen LogP contribution in [0.4, 0.5) is 5.13 Å². The summed E-state index contributed by atoms with van der Waals surface area (Å²) in [5, 5.41) is 13.4. The molecule has 1 N–H and O–H groups in total. The first-order chi connectivity index (χ1) is 7.65. The Hall–Kier alpha value is -0.330. The lowest BCUT2D eigenvalue weighted by Crippen LogP contribution is -2.24. The number of aromatic nitrogens is 2. The summed E-state index contributed by atoms with van der Waals surface area (Å²) in [4.78, 5) is 1.99. The number of rotatable bonds is 6. The van der Waals surface area contributed by atoms with Crippen LogP contribution in [-0.2, 0) is 0 Å². The van der Waals surface area contributed by atoms with Gasteiger partial charge in [0.05, 0.1) is 0 Å². The SMILES string of the molecule is CC(CNC1CC1)Sc1nnc(N(C)C)s1. The largest absolute Gasteiger partial charge is 0.353 e. The molecule has 1 aliphatic carbocycles. The number of anilines is 1. The molecule has 1 atom stereocenters.